The zero-order valence-corrected chi connectivity index (χ0v) is 11.5. The van der Waals surface area contributed by atoms with Gasteiger partial charge in [0.15, 0.2) is 0 Å². The van der Waals surface area contributed by atoms with E-state index in [1.165, 1.54) is 12.1 Å². The molecule has 0 bridgehead atoms. The topological polar surface area (TPSA) is 88.2 Å². The number of hydrogen-bond donors (Lipinski definition) is 1. The maximum atomic E-state index is 10.7. The number of benzene rings is 1. The molecule has 0 radical (unpaired) electrons. The van der Waals surface area contributed by atoms with E-state index in [2.05, 4.69) is 11.4 Å². The summed E-state index contributed by atoms with van der Waals surface area (Å²) in [7, 11) is 0. The number of nitro benzene ring substituents is 1. The molecule has 6 heteroatoms. The monoisotopic (exact) mass is 275 g/mol. The standard InChI is InChI=1S/C14H17N3O3/c1-10-7-12(17(18)19)5-6-13(10)20-9-14(2,8-15)16-11-3-4-11/h5-7,11,16H,3-4,9H2,1-2H3. The Morgan fingerprint density at radius 3 is 2.80 bits per heavy atom. The lowest BCUT2D eigenvalue weighted by Gasteiger charge is -2.23. The highest BCUT2D eigenvalue weighted by Gasteiger charge is 2.33. The molecule has 0 saturated heterocycles. The van der Waals surface area contributed by atoms with Crippen LogP contribution in [0.15, 0.2) is 18.2 Å². The minimum Gasteiger partial charge on any atom is -0.490 e. The van der Waals surface area contributed by atoms with Gasteiger partial charge in [-0.3, -0.25) is 15.4 Å². The highest BCUT2D eigenvalue weighted by molar-refractivity contribution is 5.43. The zero-order chi connectivity index (χ0) is 14.8. The van der Waals surface area contributed by atoms with Crippen LogP contribution in [0.2, 0.25) is 0 Å². The van der Waals surface area contributed by atoms with Crippen LogP contribution in [0.25, 0.3) is 0 Å². The predicted octanol–water partition coefficient (Wildman–Crippen LogP) is 2.32. The third-order valence-electron chi connectivity index (χ3n) is 3.23. The fourth-order valence-corrected chi connectivity index (χ4v) is 1.92. The van der Waals surface area contributed by atoms with Crippen molar-refractivity contribution >= 4 is 5.69 Å². The summed E-state index contributed by atoms with van der Waals surface area (Å²) in [6.45, 7) is 3.76. The molecule has 0 aromatic heterocycles. The van der Waals surface area contributed by atoms with Gasteiger partial charge in [0.2, 0.25) is 0 Å². The quantitative estimate of drug-likeness (QED) is 0.635. The second-order valence-corrected chi connectivity index (χ2v) is 5.36. The molecule has 1 saturated carbocycles. The second-order valence-electron chi connectivity index (χ2n) is 5.36. The summed E-state index contributed by atoms with van der Waals surface area (Å²) in [5.41, 5.74) is -0.0186. The van der Waals surface area contributed by atoms with Gasteiger partial charge in [0.1, 0.15) is 17.9 Å². The lowest BCUT2D eigenvalue weighted by Crippen LogP contribution is -2.47. The van der Waals surface area contributed by atoms with Crippen LogP contribution >= 0.6 is 0 Å². The van der Waals surface area contributed by atoms with E-state index in [1.54, 1.807) is 19.9 Å². The van der Waals surface area contributed by atoms with Gasteiger partial charge in [-0.1, -0.05) is 0 Å². The number of hydrogen-bond acceptors (Lipinski definition) is 5. The normalized spacial score (nSPS) is 17.1. The number of rotatable bonds is 6. The van der Waals surface area contributed by atoms with E-state index in [0.717, 1.165) is 12.8 Å². The number of ether oxygens (including phenoxy) is 1. The fourth-order valence-electron chi connectivity index (χ4n) is 1.92. The van der Waals surface area contributed by atoms with Crippen LogP contribution < -0.4 is 10.1 Å². The molecule has 6 nitrogen and oxygen atoms in total. The summed E-state index contributed by atoms with van der Waals surface area (Å²) in [6.07, 6.45) is 2.18. The minimum absolute atomic E-state index is 0.0361. The molecule has 20 heavy (non-hydrogen) atoms. The number of nitrogens with zero attached hydrogens (tertiary/aromatic N) is 2. The van der Waals surface area contributed by atoms with Gasteiger partial charge >= 0.3 is 0 Å². The van der Waals surface area contributed by atoms with Crippen LogP contribution in [0.5, 0.6) is 5.75 Å². The Balaban J connectivity index is 2.02. The second kappa shape index (κ2) is 5.47. The smallest absolute Gasteiger partial charge is 0.269 e. The van der Waals surface area contributed by atoms with Crippen molar-refractivity contribution in [3.8, 4) is 11.8 Å². The van der Waals surface area contributed by atoms with Crippen molar-refractivity contribution in [3.63, 3.8) is 0 Å². The van der Waals surface area contributed by atoms with Crippen molar-refractivity contribution in [1.29, 1.82) is 5.26 Å². The van der Waals surface area contributed by atoms with Crippen molar-refractivity contribution in [2.24, 2.45) is 0 Å². The SMILES string of the molecule is Cc1cc([N+](=O)[O-])ccc1OCC(C)(C#N)NC1CC1. The van der Waals surface area contributed by atoms with E-state index < -0.39 is 10.5 Å². The first-order valence-corrected chi connectivity index (χ1v) is 6.50. The van der Waals surface area contributed by atoms with E-state index >= 15 is 0 Å². The number of non-ortho nitro benzene ring substituents is 1. The third kappa shape index (κ3) is 3.45. The average molecular weight is 275 g/mol. The maximum Gasteiger partial charge on any atom is 0.269 e. The van der Waals surface area contributed by atoms with Gasteiger partial charge in [-0.2, -0.15) is 5.26 Å². The molecule has 1 aliphatic carbocycles. The van der Waals surface area contributed by atoms with Crippen molar-refractivity contribution in [2.75, 3.05) is 6.61 Å². The van der Waals surface area contributed by atoms with Crippen LogP contribution in [-0.2, 0) is 0 Å². The largest absolute Gasteiger partial charge is 0.490 e. The Morgan fingerprint density at radius 2 is 2.30 bits per heavy atom. The van der Waals surface area contributed by atoms with Crippen LogP contribution in [-0.4, -0.2) is 23.1 Å². The van der Waals surface area contributed by atoms with Gasteiger partial charge in [0.05, 0.1) is 11.0 Å². The van der Waals surface area contributed by atoms with Crippen molar-refractivity contribution in [3.05, 3.63) is 33.9 Å². The number of nitro groups is 1. The number of aryl methyl sites for hydroxylation is 1. The summed E-state index contributed by atoms with van der Waals surface area (Å²) in [6, 6.07) is 7.07. The van der Waals surface area contributed by atoms with Gasteiger partial charge in [0.25, 0.3) is 5.69 Å². The number of nitriles is 1. The lowest BCUT2D eigenvalue weighted by molar-refractivity contribution is -0.384. The van der Waals surface area contributed by atoms with Crippen LogP contribution in [0.3, 0.4) is 0 Å². The molecular weight excluding hydrogens is 258 g/mol. The summed E-state index contributed by atoms with van der Waals surface area (Å²) in [4.78, 5) is 10.2. The molecule has 1 atom stereocenters. The molecule has 0 spiro atoms. The first kappa shape index (κ1) is 14.3. The Bertz CT molecular complexity index is 563. The summed E-state index contributed by atoms with van der Waals surface area (Å²) < 4.78 is 5.65. The number of nitrogens with one attached hydrogen (secondary N) is 1. The molecule has 1 N–H and O–H groups in total. The Labute approximate surface area is 117 Å². The molecule has 1 unspecified atom stereocenters. The predicted molar refractivity (Wildman–Crippen MR) is 73.5 cm³/mol. The van der Waals surface area contributed by atoms with Crippen molar-refractivity contribution in [1.82, 2.24) is 5.32 Å². The van der Waals surface area contributed by atoms with Gasteiger partial charge in [0, 0.05) is 18.2 Å². The Kier molecular flexibility index (Phi) is 3.91. The summed E-state index contributed by atoms with van der Waals surface area (Å²) in [5, 5.41) is 23.2. The molecule has 0 aliphatic heterocycles. The third-order valence-corrected chi connectivity index (χ3v) is 3.23. The van der Waals surface area contributed by atoms with Crippen LogP contribution in [0.4, 0.5) is 5.69 Å². The zero-order valence-electron chi connectivity index (χ0n) is 11.5. The molecule has 0 heterocycles. The molecule has 1 aromatic carbocycles. The first-order chi connectivity index (χ1) is 9.43. The first-order valence-electron chi connectivity index (χ1n) is 6.50. The molecule has 1 aromatic rings. The molecule has 0 amide bonds. The lowest BCUT2D eigenvalue weighted by atomic mass is 10.1. The molecule has 1 fully saturated rings. The van der Waals surface area contributed by atoms with E-state index in [0.29, 0.717) is 17.4 Å². The van der Waals surface area contributed by atoms with Gasteiger partial charge < -0.3 is 4.74 Å². The Hall–Kier alpha value is -2.13. The van der Waals surface area contributed by atoms with Gasteiger partial charge in [-0.25, -0.2) is 0 Å². The summed E-state index contributed by atoms with van der Waals surface area (Å²) in [5.74, 6) is 0.565. The van der Waals surface area contributed by atoms with E-state index in [9.17, 15) is 15.4 Å². The van der Waals surface area contributed by atoms with E-state index in [1.807, 2.05) is 0 Å². The molecule has 2 rings (SSSR count). The average Bonchev–Trinajstić information content (AvgIpc) is 3.21. The summed E-state index contributed by atoms with van der Waals surface area (Å²) >= 11 is 0. The van der Waals surface area contributed by atoms with Crippen LogP contribution in [0, 0.1) is 28.4 Å². The van der Waals surface area contributed by atoms with Gasteiger partial charge in [-0.05, 0) is 38.3 Å². The highest BCUT2D eigenvalue weighted by Crippen LogP contribution is 2.26. The molecular formula is C14H17N3O3. The molecule has 1 aliphatic rings. The Morgan fingerprint density at radius 1 is 1.60 bits per heavy atom. The van der Waals surface area contributed by atoms with E-state index in [-0.39, 0.29) is 12.3 Å². The van der Waals surface area contributed by atoms with Gasteiger partial charge in [-0.15, -0.1) is 0 Å². The van der Waals surface area contributed by atoms with Crippen molar-refractivity contribution in [2.45, 2.75) is 38.3 Å². The van der Waals surface area contributed by atoms with Crippen molar-refractivity contribution < 1.29 is 9.66 Å². The fraction of sp³-hybridized carbons (Fsp3) is 0.500. The van der Waals surface area contributed by atoms with Crippen LogP contribution in [0.1, 0.15) is 25.3 Å². The minimum atomic E-state index is -0.741. The maximum absolute atomic E-state index is 10.7. The highest BCUT2D eigenvalue weighted by atomic mass is 16.6. The van der Waals surface area contributed by atoms with E-state index in [4.69, 9.17) is 4.74 Å². The molecule has 106 valence electrons.